The van der Waals surface area contributed by atoms with Gasteiger partial charge in [0.2, 0.25) is 11.6 Å². The van der Waals surface area contributed by atoms with Gasteiger partial charge in [-0.15, -0.1) is 0 Å². The van der Waals surface area contributed by atoms with Gasteiger partial charge in [0.1, 0.15) is 0 Å². The predicted molar refractivity (Wildman–Crippen MR) is 75.1 cm³/mol. The van der Waals surface area contributed by atoms with Crippen molar-refractivity contribution in [2.45, 2.75) is 26.1 Å². The van der Waals surface area contributed by atoms with E-state index >= 15 is 0 Å². The van der Waals surface area contributed by atoms with E-state index in [1.807, 2.05) is 6.92 Å². The second-order valence-electron chi connectivity index (χ2n) is 5.57. The molecule has 1 saturated carbocycles. The highest BCUT2D eigenvalue weighted by Crippen LogP contribution is 2.59. The molecule has 0 aromatic heterocycles. The van der Waals surface area contributed by atoms with Crippen LogP contribution in [0, 0.1) is 17.3 Å². The minimum absolute atomic E-state index is 0.215. The molecule has 6 heteroatoms. The van der Waals surface area contributed by atoms with Crippen molar-refractivity contribution >= 4 is 27.7 Å². The van der Waals surface area contributed by atoms with Gasteiger partial charge in [-0.2, -0.15) is 0 Å². The van der Waals surface area contributed by atoms with E-state index in [9.17, 15) is 9.59 Å². The predicted octanol–water partition coefficient (Wildman–Crippen LogP) is 2.04. The first-order valence-electron chi connectivity index (χ1n) is 6.39. The Bertz CT molecular complexity index is 494. The zero-order valence-electron chi connectivity index (χ0n) is 12.3. The number of hydrogen-bond acceptors (Lipinski definition) is 5. The van der Waals surface area contributed by atoms with Crippen LogP contribution in [0.25, 0.3) is 0 Å². The van der Waals surface area contributed by atoms with E-state index in [1.54, 1.807) is 6.92 Å². The average molecular weight is 347 g/mol. The third-order valence-electron chi connectivity index (χ3n) is 4.70. The summed E-state index contributed by atoms with van der Waals surface area (Å²) >= 11 is 3.53. The molecule has 3 rings (SSSR count). The number of allylic oxidation sites excluding steroid dienone is 1. The van der Waals surface area contributed by atoms with Crippen LogP contribution in [0.3, 0.4) is 0 Å². The molecule has 3 aliphatic carbocycles. The van der Waals surface area contributed by atoms with Gasteiger partial charge in [-0.1, -0.05) is 21.5 Å². The van der Waals surface area contributed by atoms with Crippen molar-refractivity contribution in [1.29, 1.82) is 0 Å². The fourth-order valence-corrected chi connectivity index (χ4v) is 4.38. The third-order valence-corrected chi connectivity index (χ3v) is 5.88. The summed E-state index contributed by atoms with van der Waals surface area (Å²) in [5, 5.41) is 0. The smallest absolute Gasteiger partial charge is 0.312 e. The number of methoxy groups -OCH3 is 3. The standard InChI is InChI=1S/C14H19BrO5/c1-7-9-11(16)14(19-4,20-5)8(10(7)15)6-13(9,2)12(17)18-3/h8-9H,6H2,1-5H3/t8-,9-,13-/m0/s1. The molecule has 1 fully saturated rings. The number of esters is 1. The first-order chi connectivity index (χ1) is 9.30. The van der Waals surface area contributed by atoms with Crippen molar-refractivity contribution in [3.8, 4) is 0 Å². The van der Waals surface area contributed by atoms with Gasteiger partial charge in [-0.25, -0.2) is 0 Å². The minimum atomic E-state index is -1.32. The summed E-state index contributed by atoms with van der Waals surface area (Å²) in [6.45, 7) is 3.63. The maximum atomic E-state index is 12.9. The van der Waals surface area contributed by atoms with E-state index in [-0.39, 0.29) is 17.7 Å². The molecule has 0 unspecified atom stereocenters. The Hall–Kier alpha value is -0.720. The molecule has 3 aliphatic rings. The average Bonchev–Trinajstić information content (AvgIpc) is 2.44. The molecular weight excluding hydrogens is 328 g/mol. The van der Waals surface area contributed by atoms with Crippen molar-refractivity contribution in [1.82, 2.24) is 0 Å². The second-order valence-corrected chi connectivity index (χ2v) is 6.42. The molecule has 0 spiro atoms. The fraction of sp³-hybridized carbons (Fsp3) is 0.714. The lowest BCUT2D eigenvalue weighted by Crippen LogP contribution is -2.65. The first-order valence-corrected chi connectivity index (χ1v) is 7.18. The first kappa shape index (κ1) is 15.7. The fourth-order valence-electron chi connectivity index (χ4n) is 3.69. The summed E-state index contributed by atoms with van der Waals surface area (Å²) in [5.41, 5.74) is -0.0258. The van der Waals surface area contributed by atoms with Crippen LogP contribution in [0.1, 0.15) is 20.3 Å². The number of carbonyl (C=O) groups is 2. The van der Waals surface area contributed by atoms with Crippen LogP contribution in [0.4, 0.5) is 0 Å². The van der Waals surface area contributed by atoms with Crippen LogP contribution in [0.15, 0.2) is 10.1 Å². The normalized spacial score (nSPS) is 35.4. The summed E-state index contributed by atoms with van der Waals surface area (Å²) in [4.78, 5) is 25.0. The maximum absolute atomic E-state index is 12.9. The van der Waals surface area contributed by atoms with E-state index in [1.165, 1.54) is 21.3 Å². The van der Waals surface area contributed by atoms with Crippen molar-refractivity contribution < 1.29 is 23.8 Å². The van der Waals surface area contributed by atoms with Gasteiger partial charge in [0, 0.05) is 18.7 Å². The largest absolute Gasteiger partial charge is 0.469 e. The Kier molecular flexibility index (Phi) is 3.86. The van der Waals surface area contributed by atoms with Crippen molar-refractivity contribution in [2.75, 3.05) is 21.3 Å². The zero-order chi connectivity index (χ0) is 15.3. The molecule has 0 N–H and O–H groups in total. The Morgan fingerprint density at radius 3 is 2.30 bits per heavy atom. The van der Waals surface area contributed by atoms with E-state index < -0.39 is 17.1 Å². The lowest BCUT2D eigenvalue weighted by Gasteiger charge is -2.54. The molecule has 112 valence electrons. The minimum Gasteiger partial charge on any atom is -0.469 e. The summed E-state index contributed by atoms with van der Waals surface area (Å²) in [6, 6.07) is 0. The molecule has 0 aromatic carbocycles. The second kappa shape index (κ2) is 4.93. The van der Waals surface area contributed by atoms with Crippen LogP contribution in [0.5, 0.6) is 0 Å². The zero-order valence-corrected chi connectivity index (χ0v) is 13.9. The van der Waals surface area contributed by atoms with E-state index in [4.69, 9.17) is 14.2 Å². The number of fused-ring (bicyclic) bond motifs is 2. The molecule has 0 heterocycles. The highest BCUT2D eigenvalue weighted by molar-refractivity contribution is 9.11. The van der Waals surface area contributed by atoms with Gasteiger partial charge in [0.05, 0.1) is 24.4 Å². The molecule has 2 bridgehead atoms. The van der Waals surface area contributed by atoms with Crippen LogP contribution in [0.2, 0.25) is 0 Å². The lowest BCUT2D eigenvalue weighted by molar-refractivity contribution is -0.248. The van der Waals surface area contributed by atoms with E-state index in [2.05, 4.69) is 15.9 Å². The molecule has 0 amide bonds. The number of ketones is 1. The lowest BCUT2D eigenvalue weighted by atomic mass is 9.54. The Labute approximate surface area is 126 Å². The molecule has 0 aliphatic heterocycles. The van der Waals surface area contributed by atoms with Gasteiger partial charge in [-0.05, 0) is 20.3 Å². The Balaban J connectivity index is 2.62. The van der Waals surface area contributed by atoms with Gasteiger partial charge in [-0.3, -0.25) is 9.59 Å². The summed E-state index contributed by atoms with van der Waals surface area (Å²) in [6.07, 6.45) is 0.440. The van der Waals surface area contributed by atoms with Crippen LogP contribution in [-0.4, -0.2) is 38.9 Å². The third kappa shape index (κ3) is 1.68. The SMILES string of the molecule is COC(=O)[C@@]1(C)C[C@H]2C(Br)=C(C)[C@H]1C(=O)C2(OC)OC. The molecule has 20 heavy (non-hydrogen) atoms. The van der Waals surface area contributed by atoms with Crippen molar-refractivity contribution in [2.24, 2.45) is 17.3 Å². The molecular formula is C14H19BrO5. The van der Waals surface area contributed by atoms with Gasteiger partial charge < -0.3 is 14.2 Å². The summed E-state index contributed by atoms with van der Waals surface area (Å²) in [5.74, 6) is -2.86. The van der Waals surface area contributed by atoms with Gasteiger partial charge in [0.25, 0.3) is 0 Å². The highest BCUT2D eigenvalue weighted by atomic mass is 79.9. The quantitative estimate of drug-likeness (QED) is 0.578. The van der Waals surface area contributed by atoms with Crippen LogP contribution >= 0.6 is 15.9 Å². The summed E-state index contributed by atoms with van der Waals surface area (Å²) in [7, 11) is 4.24. The summed E-state index contributed by atoms with van der Waals surface area (Å²) < 4.78 is 16.6. The van der Waals surface area contributed by atoms with E-state index in [0.717, 1.165) is 10.1 Å². The monoisotopic (exact) mass is 346 g/mol. The number of rotatable bonds is 3. The highest BCUT2D eigenvalue weighted by Gasteiger charge is 2.67. The Morgan fingerprint density at radius 2 is 1.85 bits per heavy atom. The molecule has 0 saturated heterocycles. The van der Waals surface area contributed by atoms with Gasteiger partial charge in [0.15, 0.2) is 0 Å². The number of halogens is 1. The maximum Gasteiger partial charge on any atom is 0.312 e. The topological polar surface area (TPSA) is 61.8 Å². The molecule has 5 nitrogen and oxygen atoms in total. The molecule has 0 radical (unpaired) electrons. The van der Waals surface area contributed by atoms with Crippen LogP contribution < -0.4 is 0 Å². The van der Waals surface area contributed by atoms with E-state index in [0.29, 0.717) is 6.42 Å². The Morgan fingerprint density at radius 1 is 1.30 bits per heavy atom. The number of carbonyl (C=O) groups excluding carboxylic acids is 2. The van der Waals surface area contributed by atoms with Crippen LogP contribution in [-0.2, 0) is 23.8 Å². The molecule has 0 aromatic rings. The van der Waals surface area contributed by atoms with Crippen molar-refractivity contribution in [3.63, 3.8) is 0 Å². The molecule has 3 atom stereocenters. The van der Waals surface area contributed by atoms with Crippen molar-refractivity contribution in [3.05, 3.63) is 10.1 Å². The number of Topliss-reactive ketones (excluding diaryl/α,β-unsaturated/α-hetero) is 1. The van der Waals surface area contributed by atoms with Gasteiger partial charge >= 0.3 is 5.97 Å². The number of ether oxygens (including phenoxy) is 3. The number of hydrogen-bond donors (Lipinski definition) is 0.